The zero-order valence-electron chi connectivity index (χ0n) is 12.2. The number of esters is 1. The zero-order chi connectivity index (χ0) is 16.3. The molecule has 0 spiro atoms. The normalized spacial score (nSPS) is 25.0. The lowest BCUT2D eigenvalue weighted by atomic mass is 9.71. The highest BCUT2D eigenvalue weighted by Gasteiger charge is 2.56. The molecule has 0 aromatic heterocycles. The van der Waals surface area contributed by atoms with Gasteiger partial charge in [0.25, 0.3) is 0 Å². The van der Waals surface area contributed by atoms with Crippen LogP contribution in [0.2, 0.25) is 0 Å². The Balaban J connectivity index is 3.17. The van der Waals surface area contributed by atoms with Crippen molar-refractivity contribution in [1.82, 2.24) is 0 Å². The van der Waals surface area contributed by atoms with Gasteiger partial charge in [0, 0.05) is 5.92 Å². The third kappa shape index (κ3) is 3.94. The van der Waals surface area contributed by atoms with Gasteiger partial charge in [-0.3, -0.25) is 9.59 Å². The van der Waals surface area contributed by atoms with Crippen molar-refractivity contribution in [2.24, 2.45) is 11.3 Å². The number of hydrogen-bond acceptors (Lipinski definition) is 6. The van der Waals surface area contributed by atoms with Gasteiger partial charge in [0.1, 0.15) is 0 Å². The quantitative estimate of drug-likeness (QED) is 0.508. The Morgan fingerprint density at radius 2 is 2.05 bits per heavy atom. The molecule has 1 rings (SSSR count). The molecule has 0 aromatic rings. The summed E-state index contributed by atoms with van der Waals surface area (Å²) >= 11 is 0. The van der Waals surface area contributed by atoms with E-state index in [9.17, 15) is 28.2 Å². The summed E-state index contributed by atoms with van der Waals surface area (Å²) in [6.45, 7) is 3.07. The van der Waals surface area contributed by atoms with E-state index in [1.165, 1.54) is 6.92 Å². The number of carboxylic acids is 1. The number of rotatable bonds is 7. The van der Waals surface area contributed by atoms with E-state index in [0.717, 1.165) is 0 Å². The van der Waals surface area contributed by atoms with Gasteiger partial charge >= 0.3 is 11.9 Å². The number of hydrogen-bond donors (Lipinski definition) is 2. The van der Waals surface area contributed by atoms with Crippen LogP contribution in [0.25, 0.3) is 0 Å². The van der Waals surface area contributed by atoms with E-state index in [2.05, 4.69) is 0 Å². The molecule has 0 aromatic carbocycles. The Kier molecular flexibility index (Phi) is 5.75. The molecule has 1 saturated heterocycles. The molecule has 1 heterocycles. The van der Waals surface area contributed by atoms with Crippen LogP contribution in [-0.4, -0.2) is 54.8 Å². The van der Waals surface area contributed by atoms with Crippen molar-refractivity contribution in [2.75, 3.05) is 18.1 Å². The van der Waals surface area contributed by atoms with Gasteiger partial charge in [-0.25, -0.2) is 8.42 Å². The maximum atomic E-state index is 12.2. The maximum Gasteiger partial charge on any atom is 0.323 e. The van der Waals surface area contributed by atoms with Gasteiger partial charge in [-0.2, -0.15) is 0 Å². The average molecular weight is 322 g/mol. The predicted octanol–water partition coefficient (Wildman–Crippen LogP) is 0.216. The molecule has 0 radical (unpaired) electrons. The van der Waals surface area contributed by atoms with E-state index in [-0.39, 0.29) is 37.4 Å². The first-order valence-corrected chi connectivity index (χ1v) is 8.77. The molecule has 3 atom stereocenters. The van der Waals surface area contributed by atoms with Crippen LogP contribution in [0.1, 0.15) is 33.1 Å². The number of carbonyl (C=O) groups excluding carboxylic acids is 1. The second-order valence-corrected chi connectivity index (χ2v) is 7.71. The van der Waals surface area contributed by atoms with Crippen molar-refractivity contribution in [3.05, 3.63) is 0 Å². The van der Waals surface area contributed by atoms with E-state index in [4.69, 9.17) is 4.74 Å². The molecule has 0 amide bonds. The molecule has 21 heavy (non-hydrogen) atoms. The number of aliphatic carboxylic acids is 1. The number of sulfone groups is 1. The molecule has 3 unspecified atom stereocenters. The largest absolute Gasteiger partial charge is 0.480 e. The van der Waals surface area contributed by atoms with Crippen LogP contribution < -0.4 is 0 Å². The SMILES string of the molecule is CCOC(=O)C(CCC(C)O)(C(=O)O)C1CCS(=O)(=O)C1. The topological polar surface area (TPSA) is 118 Å². The fourth-order valence-electron chi connectivity index (χ4n) is 2.72. The van der Waals surface area contributed by atoms with Crippen molar-refractivity contribution >= 4 is 21.8 Å². The van der Waals surface area contributed by atoms with Crippen molar-refractivity contribution < 1.29 is 33.0 Å². The Bertz CT molecular complexity index is 497. The van der Waals surface area contributed by atoms with Gasteiger partial charge in [-0.05, 0) is 33.1 Å². The first-order chi connectivity index (χ1) is 9.65. The van der Waals surface area contributed by atoms with Crippen molar-refractivity contribution in [3.63, 3.8) is 0 Å². The van der Waals surface area contributed by atoms with Crippen LogP contribution in [0.3, 0.4) is 0 Å². The number of carbonyl (C=O) groups is 2. The second-order valence-electron chi connectivity index (χ2n) is 5.48. The molecule has 0 aliphatic carbocycles. The summed E-state index contributed by atoms with van der Waals surface area (Å²) in [6, 6.07) is 0. The zero-order valence-corrected chi connectivity index (χ0v) is 13.1. The standard InChI is InChI=1S/C13H22O7S/c1-3-20-12(17)13(11(15)16,6-4-9(2)14)10-5-7-21(18,19)8-10/h9-10,14H,3-8H2,1-2H3,(H,15,16). The predicted molar refractivity (Wildman–Crippen MR) is 74.4 cm³/mol. The molecule has 1 fully saturated rings. The van der Waals surface area contributed by atoms with Crippen LogP contribution in [-0.2, 0) is 24.2 Å². The van der Waals surface area contributed by atoms with Crippen LogP contribution >= 0.6 is 0 Å². The van der Waals surface area contributed by atoms with Gasteiger partial charge in [0.05, 0.1) is 24.2 Å². The van der Waals surface area contributed by atoms with Crippen molar-refractivity contribution in [2.45, 2.75) is 39.2 Å². The van der Waals surface area contributed by atoms with Gasteiger partial charge < -0.3 is 14.9 Å². The van der Waals surface area contributed by atoms with E-state index in [0.29, 0.717) is 0 Å². The van der Waals surface area contributed by atoms with Crippen LogP contribution in [0.4, 0.5) is 0 Å². The molecule has 0 saturated carbocycles. The smallest absolute Gasteiger partial charge is 0.323 e. The number of aliphatic hydroxyl groups is 1. The number of ether oxygens (including phenoxy) is 1. The number of carboxylic acid groups (broad SMARTS) is 1. The summed E-state index contributed by atoms with van der Waals surface area (Å²) in [4.78, 5) is 24.0. The summed E-state index contributed by atoms with van der Waals surface area (Å²) in [5.41, 5.74) is -1.91. The summed E-state index contributed by atoms with van der Waals surface area (Å²) in [7, 11) is -3.33. The minimum absolute atomic E-state index is 0.0159. The van der Waals surface area contributed by atoms with Crippen molar-refractivity contribution in [1.29, 1.82) is 0 Å². The third-order valence-electron chi connectivity index (χ3n) is 3.91. The highest BCUT2D eigenvalue weighted by Crippen LogP contribution is 2.41. The summed E-state index contributed by atoms with van der Waals surface area (Å²) < 4.78 is 28.2. The third-order valence-corrected chi connectivity index (χ3v) is 5.68. The summed E-state index contributed by atoms with van der Waals surface area (Å²) in [5.74, 6) is -3.58. The molecule has 1 aliphatic rings. The first kappa shape index (κ1) is 17.9. The molecule has 2 N–H and O–H groups in total. The van der Waals surface area contributed by atoms with E-state index in [1.807, 2.05) is 0 Å². The maximum absolute atomic E-state index is 12.2. The summed E-state index contributed by atoms with van der Waals surface area (Å²) in [5, 5.41) is 19.0. The van der Waals surface area contributed by atoms with Crippen LogP contribution in [0, 0.1) is 11.3 Å². The lowest BCUT2D eigenvalue weighted by molar-refractivity contribution is -0.173. The number of aliphatic hydroxyl groups excluding tert-OH is 1. The van der Waals surface area contributed by atoms with Crippen LogP contribution in [0.15, 0.2) is 0 Å². The summed E-state index contributed by atoms with van der Waals surface area (Å²) in [6.07, 6.45) is -0.718. The van der Waals surface area contributed by atoms with Crippen molar-refractivity contribution in [3.8, 4) is 0 Å². The fourth-order valence-corrected chi connectivity index (χ4v) is 4.60. The molecule has 1 aliphatic heterocycles. The molecular formula is C13H22O7S. The monoisotopic (exact) mass is 322 g/mol. The van der Waals surface area contributed by atoms with E-state index >= 15 is 0 Å². The minimum Gasteiger partial charge on any atom is -0.480 e. The Hall–Kier alpha value is -1.15. The van der Waals surface area contributed by atoms with Gasteiger partial charge in [0.2, 0.25) is 0 Å². The highest BCUT2D eigenvalue weighted by atomic mass is 32.2. The van der Waals surface area contributed by atoms with Crippen LogP contribution in [0.5, 0.6) is 0 Å². The van der Waals surface area contributed by atoms with E-state index in [1.54, 1.807) is 6.92 Å². The Morgan fingerprint density at radius 1 is 1.43 bits per heavy atom. The average Bonchev–Trinajstić information content (AvgIpc) is 2.70. The lowest BCUT2D eigenvalue weighted by Crippen LogP contribution is -2.48. The van der Waals surface area contributed by atoms with Gasteiger partial charge in [0.15, 0.2) is 15.3 Å². The molecular weight excluding hydrogens is 300 g/mol. The molecule has 7 nitrogen and oxygen atoms in total. The van der Waals surface area contributed by atoms with Gasteiger partial charge in [-0.15, -0.1) is 0 Å². The van der Waals surface area contributed by atoms with Gasteiger partial charge in [-0.1, -0.05) is 0 Å². The first-order valence-electron chi connectivity index (χ1n) is 6.94. The fraction of sp³-hybridized carbons (Fsp3) is 0.846. The minimum atomic E-state index is -3.33. The molecule has 0 bridgehead atoms. The second kappa shape index (κ2) is 6.74. The Labute approximate surface area is 124 Å². The Morgan fingerprint density at radius 3 is 2.43 bits per heavy atom. The lowest BCUT2D eigenvalue weighted by Gasteiger charge is -2.32. The molecule has 8 heteroatoms. The van der Waals surface area contributed by atoms with E-state index < -0.39 is 39.2 Å². The highest BCUT2D eigenvalue weighted by molar-refractivity contribution is 7.91. The molecule has 122 valence electrons.